The van der Waals surface area contributed by atoms with E-state index in [-0.39, 0.29) is 42.4 Å². The monoisotopic (exact) mass is 593 g/mol. The zero-order valence-electron chi connectivity index (χ0n) is 22.2. The van der Waals surface area contributed by atoms with Crippen LogP contribution in [0.1, 0.15) is 54.4 Å². The lowest BCUT2D eigenvalue weighted by atomic mass is 9.73. The molecule has 0 spiro atoms. The van der Waals surface area contributed by atoms with Crippen LogP contribution in [0.15, 0.2) is 36.5 Å². The molecule has 2 unspecified atom stereocenters. The van der Waals surface area contributed by atoms with Crippen LogP contribution in [0.3, 0.4) is 0 Å². The number of aliphatic carboxylic acids is 1. The molecule has 1 heterocycles. The van der Waals surface area contributed by atoms with E-state index in [1.165, 1.54) is 12.3 Å². The molecule has 2 N–H and O–H groups in total. The summed E-state index contributed by atoms with van der Waals surface area (Å²) in [5, 5.41) is 19.3. The number of halogens is 6. The first-order chi connectivity index (χ1) is 19.7. The number of rotatable bonds is 8. The predicted octanol–water partition coefficient (Wildman–Crippen LogP) is 6.42. The Labute approximate surface area is 235 Å². The topological polar surface area (TPSA) is 88.9 Å². The summed E-state index contributed by atoms with van der Waals surface area (Å²) >= 11 is 0. The molecule has 2 saturated carbocycles. The Morgan fingerprint density at radius 3 is 2.33 bits per heavy atom. The largest absolute Gasteiger partial charge is 0.487 e. The third kappa shape index (κ3) is 4.95. The minimum absolute atomic E-state index is 0.0306. The second-order valence-electron chi connectivity index (χ2n) is 11.7. The molecule has 2 aromatic carbocycles. The van der Waals surface area contributed by atoms with Crippen molar-refractivity contribution in [3.05, 3.63) is 76.2 Å². The van der Waals surface area contributed by atoms with Gasteiger partial charge in [0.1, 0.15) is 12.4 Å². The van der Waals surface area contributed by atoms with Crippen molar-refractivity contribution in [2.24, 2.45) is 11.3 Å². The van der Waals surface area contributed by atoms with Crippen molar-refractivity contribution in [3.63, 3.8) is 0 Å². The van der Waals surface area contributed by atoms with Gasteiger partial charge in [-0.2, -0.15) is 13.2 Å². The van der Waals surface area contributed by atoms with Crippen LogP contribution in [0.25, 0.3) is 11.1 Å². The maximum Gasteiger partial charge on any atom is 0.417 e. The molecule has 2 atom stereocenters. The number of ether oxygens (including phenoxy) is 2. The maximum atomic E-state index is 14.9. The molecule has 2 fully saturated rings. The highest BCUT2D eigenvalue weighted by molar-refractivity contribution is 5.83. The highest BCUT2D eigenvalue weighted by atomic mass is 19.4. The summed E-state index contributed by atoms with van der Waals surface area (Å²) < 4.78 is 97.0. The van der Waals surface area contributed by atoms with Gasteiger partial charge in [-0.05, 0) is 85.0 Å². The van der Waals surface area contributed by atoms with Crippen molar-refractivity contribution < 1.29 is 50.8 Å². The summed E-state index contributed by atoms with van der Waals surface area (Å²) in [6.45, 7) is 0.998. The Kier molecular flexibility index (Phi) is 6.49. The van der Waals surface area contributed by atoms with Crippen molar-refractivity contribution in [2.45, 2.75) is 56.9 Å². The summed E-state index contributed by atoms with van der Waals surface area (Å²) in [7, 11) is 0. The van der Waals surface area contributed by atoms with E-state index in [4.69, 9.17) is 9.47 Å². The summed E-state index contributed by atoms with van der Waals surface area (Å²) in [4.78, 5) is 15.8. The Balaban J connectivity index is 1.24. The van der Waals surface area contributed by atoms with E-state index in [0.29, 0.717) is 31.4 Å². The van der Waals surface area contributed by atoms with E-state index in [0.717, 1.165) is 17.2 Å². The van der Waals surface area contributed by atoms with Gasteiger partial charge in [-0.1, -0.05) is 0 Å². The van der Waals surface area contributed by atoms with Crippen LogP contribution in [-0.4, -0.2) is 33.4 Å². The molecule has 0 saturated heterocycles. The Morgan fingerprint density at radius 1 is 1.02 bits per heavy atom. The van der Waals surface area contributed by atoms with E-state index >= 15 is 0 Å². The number of fused-ring (bicyclic) bond motifs is 3. The molecule has 3 aliphatic rings. The number of benzene rings is 2. The Hall–Kier alpha value is -3.80. The van der Waals surface area contributed by atoms with Crippen LogP contribution in [0.4, 0.5) is 26.3 Å². The van der Waals surface area contributed by atoms with Gasteiger partial charge in [0.2, 0.25) is 5.88 Å². The molecule has 6 nitrogen and oxygen atoms in total. The fraction of sp³-hybridized carbons (Fsp3) is 0.400. The van der Waals surface area contributed by atoms with Crippen LogP contribution in [0.2, 0.25) is 0 Å². The van der Waals surface area contributed by atoms with Gasteiger partial charge in [0.25, 0.3) is 0 Å². The molecule has 1 aromatic heterocycles. The molecule has 3 aromatic rings. The number of hydrogen-bond donors (Lipinski definition) is 2. The van der Waals surface area contributed by atoms with Crippen LogP contribution in [-0.2, 0) is 24.0 Å². The van der Waals surface area contributed by atoms with Gasteiger partial charge < -0.3 is 19.7 Å². The average molecular weight is 594 g/mol. The molecule has 0 radical (unpaired) electrons. The Morgan fingerprint density at radius 2 is 1.71 bits per heavy atom. The summed E-state index contributed by atoms with van der Waals surface area (Å²) in [6.07, 6.45) is -1.97. The van der Waals surface area contributed by atoms with E-state index in [1.54, 1.807) is 6.92 Å². The number of aromatic nitrogens is 1. The van der Waals surface area contributed by atoms with Crippen LogP contribution < -0.4 is 9.47 Å². The van der Waals surface area contributed by atoms with Gasteiger partial charge in [-0.15, -0.1) is 0 Å². The molecule has 222 valence electrons. The summed E-state index contributed by atoms with van der Waals surface area (Å²) in [5.74, 6) is -5.58. The number of hydrogen-bond acceptors (Lipinski definition) is 5. The standard InChI is InChI=1S/C30H25F6NO5/c1-28(40)7-14(8-28)12-42-26-23(32)3-15(4-24(26)33)18-2-17(22(31)6-20(18)30(34,35)36)13-41-25-5-16-9-29(27(38)39)10-21(29)19(16)11-37-25/h2-6,11,14,21,40H,7-10,12-13H2,1H3,(H,38,39). The van der Waals surface area contributed by atoms with Gasteiger partial charge in [0, 0.05) is 23.7 Å². The zero-order valence-corrected chi connectivity index (χ0v) is 22.2. The van der Waals surface area contributed by atoms with E-state index in [2.05, 4.69) is 4.98 Å². The first-order valence-electron chi connectivity index (χ1n) is 13.3. The molecule has 12 heteroatoms. The van der Waals surface area contributed by atoms with Gasteiger partial charge in [0.15, 0.2) is 17.4 Å². The molecule has 0 aliphatic heterocycles. The Bertz CT molecular complexity index is 1570. The first-order valence-corrected chi connectivity index (χ1v) is 13.3. The molecule has 0 amide bonds. The normalized spacial score (nSPS) is 25.8. The van der Waals surface area contributed by atoms with E-state index < -0.39 is 69.7 Å². The third-order valence-corrected chi connectivity index (χ3v) is 8.48. The van der Waals surface area contributed by atoms with Crippen LogP contribution >= 0.6 is 0 Å². The quantitative estimate of drug-likeness (QED) is 0.293. The number of alkyl halides is 3. The van der Waals surface area contributed by atoms with Crippen molar-refractivity contribution in [3.8, 4) is 22.8 Å². The highest BCUT2D eigenvalue weighted by Gasteiger charge is 2.65. The molecular formula is C30H25F6NO5. The maximum absolute atomic E-state index is 14.9. The number of nitrogens with zero attached hydrogens (tertiary/aromatic N) is 1. The minimum Gasteiger partial charge on any atom is -0.487 e. The van der Waals surface area contributed by atoms with Crippen molar-refractivity contribution in [1.82, 2.24) is 4.98 Å². The fourth-order valence-corrected chi connectivity index (χ4v) is 6.30. The molecule has 0 bridgehead atoms. The minimum atomic E-state index is -5.04. The molecule has 6 rings (SSSR count). The first kappa shape index (κ1) is 28.3. The van der Waals surface area contributed by atoms with Crippen molar-refractivity contribution in [1.29, 1.82) is 0 Å². The van der Waals surface area contributed by atoms with E-state index in [9.17, 15) is 41.4 Å². The smallest absolute Gasteiger partial charge is 0.417 e. The molecular weight excluding hydrogens is 568 g/mol. The molecule has 42 heavy (non-hydrogen) atoms. The SMILES string of the molecule is CC1(O)CC(COc2c(F)cc(-c3cc(COc4cc5c(cn4)C4CC4(C(=O)O)C5)c(F)cc3C(F)(F)F)cc2F)C1. The average Bonchev–Trinajstić information content (AvgIpc) is 3.52. The number of carbonyl (C=O) groups is 1. The lowest BCUT2D eigenvalue weighted by molar-refractivity contribution is -0.143. The van der Waals surface area contributed by atoms with Crippen molar-refractivity contribution >= 4 is 5.97 Å². The van der Waals surface area contributed by atoms with Crippen LogP contribution in [0, 0.1) is 28.8 Å². The van der Waals surface area contributed by atoms with Crippen LogP contribution in [0.5, 0.6) is 11.6 Å². The van der Waals surface area contributed by atoms with E-state index in [1.807, 2.05) is 0 Å². The second kappa shape index (κ2) is 9.62. The zero-order chi connectivity index (χ0) is 30.2. The van der Waals surface area contributed by atoms with Gasteiger partial charge in [-0.3, -0.25) is 4.79 Å². The predicted molar refractivity (Wildman–Crippen MR) is 135 cm³/mol. The van der Waals surface area contributed by atoms with Gasteiger partial charge >= 0.3 is 12.1 Å². The third-order valence-electron chi connectivity index (χ3n) is 8.48. The number of pyridine rings is 1. The van der Waals surface area contributed by atoms with Gasteiger partial charge in [-0.25, -0.2) is 18.2 Å². The second-order valence-corrected chi connectivity index (χ2v) is 11.7. The lowest BCUT2D eigenvalue weighted by Crippen LogP contribution is -2.43. The number of carboxylic acids is 1. The highest BCUT2D eigenvalue weighted by Crippen LogP contribution is 2.66. The number of carboxylic acid groups (broad SMARTS) is 1. The number of aliphatic hydroxyl groups is 1. The summed E-state index contributed by atoms with van der Waals surface area (Å²) in [6, 6.07) is 3.98. The summed E-state index contributed by atoms with van der Waals surface area (Å²) in [5.41, 5.74) is -3.08. The van der Waals surface area contributed by atoms with Crippen molar-refractivity contribution in [2.75, 3.05) is 6.61 Å². The molecule has 3 aliphatic carbocycles. The lowest BCUT2D eigenvalue weighted by Gasteiger charge is -2.40. The fourth-order valence-electron chi connectivity index (χ4n) is 6.30. The van der Waals surface area contributed by atoms with Gasteiger partial charge in [0.05, 0.1) is 23.2 Å².